The van der Waals surface area contributed by atoms with E-state index >= 15 is 0 Å². The quantitative estimate of drug-likeness (QED) is 0.856. The number of aromatic nitrogens is 1. The SMILES string of the molecule is O=C(O)C1CCN(C(=O)NCc2ccc(Oc3cccc(F)c3)nc2)C1. The second-order valence-corrected chi connectivity index (χ2v) is 5.99. The van der Waals surface area contributed by atoms with Crippen LogP contribution in [-0.4, -0.2) is 40.1 Å². The molecule has 0 spiro atoms. The van der Waals surface area contributed by atoms with Gasteiger partial charge in [0.25, 0.3) is 0 Å². The zero-order valence-corrected chi connectivity index (χ0v) is 13.9. The molecule has 1 unspecified atom stereocenters. The van der Waals surface area contributed by atoms with Gasteiger partial charge in [-0.1, -0.05) is 12.1 Å². The highest BCUT2D eigenvalue weighted by Gasteiger charge is 2.30. The molecular weight excluding hydrogens is 341 g/mol. The molecule has 26 heavy (non-hydrogen) atoms. The van der Waals surface area contributed by atoms with Crippen molar-refractivity contribution >= 4 is 12.0 Å². The molecule has 3 rings (SSSR count). The number of halogens is 1. The summed E-state index contributed by atoms with van der Waals surface area (Å²) in [5.74, 6) is -1.11. The maximum absolute atomic E-state index is 13.1. The van der Waals surface area contributed by atoms with Crippen molar-refractivity contribution in [2.75, 3.05) is 13.1 Å². The summed E-state index contributed by atoms with van der Waals surface area (Å²) in [4.78, 5) is 28.6. The Morgan fingerprint density at radius 2 is 2.19 bits per heavy atom. The van der Waals surface area contributed by atoms with Crippen molar-refractivity contribution < 1.29 is 23.8 Å². The number of carbonyl (C=O) groups excluding carboxylic acids is 1. The topological polar surface area (TPSA) is 91.8 Å². The lowest BCUT2D eigenvalue weighted by molar-refractivity contribution is -0.141. The van der Waals surface area contributed by atoms with Crippen LogP contribution >= 0.6 is 0 Å². The lowest BCUT2D eigenvalue weighted by atomic mass is 10.1. The molecule has 1 aromatic carbocycles. The number of urea groups is 1. The molecule has 2 heterocycles. The lowest BCUT2D eigenvalue weighted by Gasteiger charge is -2.16. The number of likely N-dealkylation sites (tertiary alicyclic amines) is 1. The third-order valence-electron chi connectivity index (χ3n) is 4.08. The van der Waals surface area contributed by atoms with E-state index in [2.05, 4.69) is 10.3 Å². The molecule has 2 N–H and O–H groups in total. The molecule has 2 amide bonds. The van der Waals surface area contributed by atoms with E-state index in [0.717, 1.165) is 5.56 Å². The summed E-state index contributed by atoms with van der Waals surface area (Å²) in [6.45, 7) is 0.918. The highest BCUT2D eigenvalue weighted by Crippen LogP contribution is 2.20. The minimum absolute atomic E-state index is 0.222. The zero-order valence-electron chi connectivity index (χ0n) is 13.9. The van der Waals surface area contributed by atoms with E-state index in [1.54, 1.807) is 30.5 Å². The standard InChI is InChI=1S/C18H18FN3O4/c19-14-2-1-3-15(8-14)26-16-5-4-12(9-20-16)10-21-18(25)22-7-6-13(11-22)17(23)24/h1-5,8-9,13H,6-7,10-11H2,(H,21,25)(H,23,24). The Balaban J connectivity index is 1.50. The predicted molar refractivity (Wildman–Crippen MR) is 90.3 cm³/mol. The Morgan fingerprint density at radius 3 is 2.85 bits per heavy atom. The summed E-state index contributed by atoms with van der Waals surface area (Å²) in [5.41, 5.74) is 0.763. The van der Waals surface area contributed by atoms with Gasteiger partial charge in [-0.25, -0.2) is 14.2 Å². The minimum atomic E-state index is -0.876. The number of carbonyl (C=O) groups is 2. The number of amides is 2. The number of carboxylic acids is 1. The van der Waals surface area contributed by atoms with Crippen LogP contribution in [0.4, 0.5) is 9.18 Å². The van der Waals surface area contributed by atoms with Crippen LogP contribution in [0.25, 0.3) is 0 Å². The van der Waals surface area contributed by atoms with E-state index in [4.69, 9.17) is 9.84 Å². The Morgan fingerprint density at radius 1 is 1.35 bits per heavy atom. The molecule has 0 saturated carbocycles. The molecule has 1 aromatic heterocycles. The van der Waals surface area contributed by atoms with Crippen LogP contribution in [0.1, 0.15) is 12.0 Å². The maximum atomic E-state index is 13.1. The first-order chi connectivity index (χ1) is 12.5. The summed E-state index contributed by atoms with van der Waals surface area (Å²) < 4.78 is 18.6. The van der Waals surface area contributed by atoms with Crippen LogP contribution in [-0.2, 0) is 11.3 Å². The highest BCUT2D eigenvalue weighted by molar-refractivity contribution is 5.77. The van der Waals surface area contributed by atoms with Gasteiger partial charge in [-0.05, 0) is 24.1 Å². The summed E-state index contributed by atoms with van der Waals surface area (Å²) in [5, 5.41) is 11.7. The van der Waals surface area contributed by atoms with Gasteiger partial charge >= 0.3 is 12.0 Å². The number of nitrogens with zero attached hydrogens (tertiary/aromatic N) is 2. The van der Waals surface area contributed by atoms with Gasteiger partial charge in [0.1, 0.15) is 11.6 Å². The average molecular weight is 359 g/mol. The van der Waals surface area contributed by atoms with Crippen molar-refractivity contribution in [3.63, 3.8) is 0 Å². The molecule has 1 aliphatic heterocycles. The van der Waals surface area contributed by atoms with Gasteiger partial charge in [-0.15, -0.1) is 0 Å². The van der Waals surface area contributed by atoms with Gasteiger partial charge < -0.3 is 20.1 Å². The van der Waals surface area contributed by atoms with Crippen LogP contribution in [0.15, 0.2) is 42.6 Å². The van der Waals surface area contributed by atoms with E-state index in [1.807, 2.05) is 0 Å². The smallest absolute Gasteiger partial charge is 0.317 e. The maximum Gasteiger partial charge on any atom is 0.317 e. The summed E-state index contributed by atoms with van der Waals surface area (Å²) in [6, 6.07) is 8.82. The zero-order chi connectivity index (χ0) is 18.5. The molecule has 1 atom stereocenters. The third kappa shape index (κ3) is 4.47. The second kappa shape index (κ2) is 7.81. The largest absolute Gasteiger partial charge is 0.481 e. The first-order valence-corrected chi connectivity index (χ1v) is 8.15. The van der Waals surface area contributed by atoms with Gasteiger partial charge in [0.15, 0.2) is 0 Å². The third-order valence-corrected chi connectivity index (χ3v) is 4.08. The number of rotatable bonds is 5. The van der Waals surface area contributed by atoms with E-state index in [9.17, 15) is 14.0 Å². The van der Waals surface area contributed by atoms with Crippen LogP contribution in [0.2, 0.25) is 0 Å². The number of pyridine rings is 1. The van der Waals surface area contributed by atoms with Crippen molar-refractivity contribution in [3.05, 3.63) is 54.0 Å². The molecule has 0 aliphatic carbocycles. The molecule has 2 aromatic rings. The van der Waals surface area contributed by atoms with Crippen molar-refractivity contribution in [2.45, 2.75) is 13.0 Å². The van der Waals surface area contributed by atoms with Crippen molar-refractivity contribution in [3.8, 4) is 11.6 Å². The van der Waals surface area contributed by atoms with Crippen molar-refractivity contribution in [1.82, 2.24) is 15.2 Å². The number of ether oxygens (including phenoxy) is 1. The number of hydrogen-bond acceptors (Lipinski definition) is 4. The number of benzene rings is 1. The van der Waals surface area contributed by atoms with E-state index in [0.29, 0.717) is 24.6 Å². The van der Waals surface area contributed by atoms with Crippen LogP contribution in [0, 0.1) is 11.7 Å². The molecule has 7 nitrogen and oxygen atoms in total. The first-order valence-electron chi connectivity index (χ1n) is 8.15. The van der Waals surface area contributed by atoms with Crippen LogP contribution < -0.4 is 10.1 Å². The van der Waals surface area contributed by atoms with Gasteiger partial charge in [-0.3, -0.25) is 4.79 Å². The van der Waals surface area contributed by atoms with Gasteiger partial charge in [0.05, 0.1) is 5.92 Å². The Hall–Kier alpha value is -3.16. The molecule has 0 bridgehead atoms. The number of nitrogens with one attached hydrogen (secondary N) is 1. The Labute approximate surface area is 149 Å². The first kappa shape index (κ1) is 17.7. The predicted octanol–water partition coefficient (Wildman–Crippen LogP) is 2.63. The van der Waals surface area contributed by atoms with Gasteiger partial charge in [0.2, 0.25) is 5.88 Å². The Kier molecular flexibility index (Phi) is 5.31. The molecule has 1 saturated heterocycles. The van der Waals surface area contributed by atoms with E-state index in [1.165, 1.54) is 17.0 Å². The Bertz CT molecular complexity index is 797. The lowest BCUT2D eigenvalue weighted by Crippen LogP contribution is -2.38. The highest BCUT2D eigenvalue weighted by atomic mass is 19.1. The van der Waals surface area contributed by atoms with Crippen LogP contribution in [0.5, 0.6) is 11.6 Å². The number of aliphatic carboxylic acids is 1. The molecule has 136 valence electrons. The van der Waals surface area contributed by atoms with Crippen molar-refractivity contribution in [1.29, 1.82) is 0 Å². The van der Waals surface area contributed by atoms with Gasteiger partial charge in [0, 0.05) is 38.0 Å². The van der Waals surface area contributed by atoms with Crippen LogP contribution in [0.3, 0.4) is 0 Å². The number of carboxylic acid groups (broad SMARTS) is 1. The monoisotopic (exact) mass is 359 g/mol. The second-order valence-electron chi connectivity index (χ2n) is 5.99. The normalized spacial score (nSPS) is 16.3. The number of hydrogen-bond donors (Lipinski definition) is 2. The fourth-order valence-corrected chi connectivity index (χ4v) is 2.66. The van der Waals surface area contributed by atoms with Gasteiger partial charge in [-0.2, -0.15) is 0 Å². The fourth-order valence-electron chi connectivity index (χ4n) is 2.66. The fraction of sp³-hybridized carbons (Fsp3) is 0.278. The molecule has 1 fully saturated rings. The van der Waals surface area contributed by atoms with E-state index in [-0.39, 0.29) is 19.1 Å². The average Bonchev–Trinajstić information content (AvgIpc) is 3.11. The van der Waals surface area contributed by atoms with Crippen molar-refractivity contribution in [2.24, 2.45) is 5.92 Å². The summed E-state index contributed by atoms with van der Waals surface area (Å²) in [6.07, 6.45) is 2.02. The summed E-state index contributed by atoms with van der Waals surface area (Å²) in [7, 11) is 0. The summed E-state index contributed by atoms with van der Waals surface area (Å²) >= 11 is 0. The molecule has 1 aliphatic rings. The molecule has 8 heteroatoms. The van der Waals surface area contributed by atoms with E-state index < -0.39 is 17.7 Å². The minimum Gasteiger partial charge on any atom is -0.481 e. The molecule has 0 radical (unpaired) electrons. The molecular formula is C18H18FN3O4.